The molecule has 0 fully saturated rings. The molecule has 0 spiro atoms. The van der Waals surface area contributed by atoms with E-state index in [2.05, 4.69) is 0 Å². The van der Waals surface area contributed by atoms with Crippen LogP contribution in [-0.2, 0) is 10.0 Å². The van der Waals surface area contributed by atoms with Gasteiger partial charge in [0, 0.05) is 10.7 Å². The van der Waals surface area contributed by atoms with Gasteiger partial charge in [-0.05, 0) is 55.3 Å². The summed E-state index contributed by atoms with van der Waals surface area (Å²) < 4.78 is 29.0. The molecule has 2 rings (SSSR count). The lowest BCUT2D eigenvalue weighted by Crippen LogP contribution is -2.13. The Morgan fingerprint density at radius 3 is 2.19 bits per heavy atom. The van der Waals surface area contributed by atoms with E-state index in [1.54, 1.807) is 18.2 Å². The van der Waals surface area contributed by atoms with Crippen molar-refractivity contribution in [2.45, 2.75) is 18.7 Å². The van der Waals surface area contributed by atoms with Gasteiger partial charge in [0.15, 0.2) is 0 Å². The molecule has 0 atom stereocenters. The van der Waals surface area contributed by atoms with Crippen LogP contribution in [0.4, 0.5) is 5.69 Å². The van der Waals surface area contributed by atoms with Gasteiger partial charge in [0.05, 0.1) is 0 Å². The van der Waals surface area contributed by atoms with Crippen molar-refractivity contribution in [1.82, 2.24) is 0 Å². The fraction of sp³-hybridized carbons (Fsp3) is 0.143. The SMILES string of the molecule is Cc1cc(Cl)cc(C)c1Oc1ccc(N)cc1S(N)(=O)=O. The number of hydrogen-bond donors (Lipinski definition) is 2. The van der Waals surface area contributed by atoms with Crippen LogP contribution >= 0.6 is 11.6 Å². The summed E-state index contributed by atoms with van der Waals surface area (Å²) in [5.41, 5.74) is 7.47. The number of aryl methyl sites for hydroxylation is 2. The molecule has 112 valence electrons. The van der Waals surface area contributed by atoms with Gasteiger partial charge in [0.1, 0.15) is 16.4 Å². The third-order valence-electron chi connectivity index (χ3n) is 2.91. The van der Waals surface area contributed by atoms with Crippen LogP contribution in [-0.4, -0.2) is 8.42 Å². The molecule has 2 aromatic rings. The van der Waals surface area contributed by atoms with Crippen molar-refractivity contribution >= 4 is 27.3 Å². The second-order valence-electron chi connectivity index (χ2n) is 4.72. The second kappa shape index (κ2) is 5.55. The average molecular weight is 327 g/mol. The second-order valence-corrected chi connectivity index (χ2v) is 6.69. The van der Waals surface area contributed by atoms with Crippen molar-refractivity contribution in [3.05, 3.63) is 46.5 Å². The Hall–Kier alpha value is -1.76. The minimum Gasteiger partial charge on any atom is -0.455 e. The van der Waals surface area contributed by atoms with Gasteiger partial charge < -0.3 is 10.5 Å². The Kier molecular flexibility index (Phi) is 4.13. The molecule has 0 heterocycles. The van der Waals surface area contributed by atoms with Gasteiger partial charge in [-0.2, -0.15) is 0 Å². The zero-order valence-electron chi connectivity index (χ0n) is 11.6. The van der Waals surface area contributed by atoms with Gasteiger partial charge in [0.25, 0.3) is 0 Å². The molecule has 0 amide bonds. The van der Waals surface area contributed by atoms with Crippen molar-refractivity contribution < 1.29 is 13.2 Å². The minimum absolute atomic E-state index is 0.125. The van der Waals surface area contributed by atoms with Gasteiger partial charge in [0.2, 0.25) is 10.0 Å². The molecule has 21 heavy (non-hydrogen) atoms. The third-order valence-corrected chi connectivity index (χ3v) is 4.06. The number of halogens is 1. The minimum atomic E-state index is -3.94. The summed E-state index contributed by atoms with van der Waals surface area (Å²) in [4.78, 5) is -0.156. The molecule has 0 aromatic heterocycles. The van der Waals surface area contributed by atoms with Gasteiger partial charge in [-0.1, -0.05) is 11.6 Å². The lowest BCUT2D eigenvalue weighted by molar-refractivity contribution is 0.461. The molecule has 0 aliphatic heterocycles. The highest BCUT2D eigenvalue weighted by Gasteiger charge is 2.18. The van der Waals surface area contributed by atoms with Crippen LogP contribution in [0.3, 0.4) is 0 Å². The molecule has 5 nitrogen and oxygen atoms in total. The van der Waals surface area contributed by atoms with E-state index in [4.69, 9.17) is 27.2 Å². The van der Waals surface area contributed by atoms with Crippen molar-refractivity contribution in [3.63, 3.8) is 0 Å². The number of nitrogens with two attached hydrogens (primary N) is 2. The predicted molar refractivity (Wildman–Crippen MR) is 83.2 cm³/mol. The topological polar surface area (TPSA) is 95.4 Å². The number of benzene rings is 2. The van der Waals surface area contributed by atoms with Crippen LogP contribution in [0.15, 0.2) is 35.2 Å². The van der Waals surface area contributed by atoms with E-state index >= 15 is 0 Å². The van der Waals surface area contributed by atoms with Crippen molar-refractivity contribution in [3.8, 4) is 11.5 Å². The van der Waals surface area contributed by atoms with Crippen LogP contribution in [0.2, 0.25) is 5.02 Å². The van der Waals surface area contributed by atoms with Gasteiger partial charge in [-0.15, -0.1) is 0 Å². The van der Waals surface area contributed by atoms with E-state index in [1.165, 1.54) is 12.1 Å². The number of sulfonamides is 1. The van der Waals surface area contributed by atoms with E-state index < -0.39 is 10.0 Å². The Labute approximate surface area is 128 Å². The Morgan fingerprint density at radius 2 is 1.67 bits per heavy atom. The lowest BCUT2D eigenvalue weighted by atomic mass is 10.1. The molecule has 0 saturated heterocycles. The number of primary sulfonamides is 1. The maximum Gasteiger partial charge on any atom is 0.241 e. The highest BCUT2D eigenvalue weighted by Crippen LogP contribution is 2.34. The number of anilines is 1. The molecular weight excluding hydrogens is 312 g/mol. The van der Waals surface area contributed by atoms with E-state index in [0.29, 0.717) is 10.8 Å². The molecule has 2 aromatic carbocycles. The Balaban J connectivity index is 2.56. The number of rotatable bonds is 3. The summed E-state index contributed by atoms with van der Waals surface area (Å²) >= 11 is 5.96. The fourth-order valence-electron chi connectivity index (χ4n) is 2.00. The molecule has 0 saturated carbocycles. The molecule has 4 N–H and O–H groups in total. The zero-order chi connectivity index (χ0) is 15.8. The van der Waals surface area contributed by atoms with Crippen LogP contribution in [0.5, 0.6) is 11.5 Å². The summed E-state index contributed by atoms with van der Waals surface area (Å²) in [6, 6.07) is 7.76. The standard InChI is InChI=1S/C14H15ClN2O3S/c1-8-5-10(15)6-9(2)14(8)20-12-4-3-11(16)7-13(12)21(17,18)19/h3-7H,16H2,1-2H3,(H2,17,18,19). The van der Waals surface area contributed by atoms with Crippen molar-refractivity contribution in [2.75, 3.05) is 5.73 Å². The van der Waals surface area contributed by atoms with Crippen LogP contribution in [0, 0.1) is 13.8 Å². The normalized spacial score (nSPS) is 11.4. The predicted octanol–water partition coefficient (Wildman–Crippen LogP) is 2.98. The van der Waals surface area contributed by atoms with Gasteiger partial charge in [-0.3, -0.25) is 0 Å². The smallest absolute Gasteiger partial charge is 0.241 e. The van der Waals surface area contributed by atoms with Crippen molar-refractivity contribution in [1.29, 1.82) is 0 Å². The van der Waals surface area contributed by atoms with E-state index in [-0.39, 0.29) is 16.3 Å². The summed E-state index contributed by atoms with van der Waals surface area (Å²) in [5.74, 6) is 0.661. The van der Waals surface area contributed by atoms with Crippen LogP contribution in [0.25, 0.3) is 0 Å². The molecular formula is C14H15ClN2O3S. The Bertz CT molecular complexity index is 781. The van der Waals surface area contributed by atoms with Gasteiger partial charge in [-0.25, -0.2) is 13.6 Å². The monoisotopic (exact) mass is 326 g/mol. The maximum atomic E-state index is 11.6. The molecule has 0 aliphatic carbocycles. The first-order chi connectivity index (χ1) is 9.68. The number of hydrogen-bond acceptors (Lipinski definition) is 4. The summed E-state index contributed by atoms with van der Waals surface area (Å²) in [7, 11) is -3.94. The fourth-order valence-corrected chi connectivity index (χ4v) is 3.02. The first kappa shape index (κ1) is 15.6. The van der Waals surface area contributed by atoms with Crippen LogP contribution < -0.4 is 15.6 Å². The first-order valence-corrected chi connectivity index (χ1v) is 7.98. The molecule has 0 unspecified atom stereocenters. The third kappa shape index (κ3) is 3.47. The molecule has 7 heteroatoms. The summed E-state index contributed by atoms with van der Waals surface area (Å²) in [5, 5.41) is 5.78. The summed E-state index contributed by atoms with van der Waals surface area (Å²) in [6.07, 6.45) is 0. The lowest BCUT2D eigenvalue weighted by Gasteiger charge is -2.15. The van der Waals surface area contributed by atoms with Gasteiger partial charge >= 0.3 is 0 Å². The maximum absolute atomic E-state index is 11.6. The van der Waals surface area contributed by atoms with Crippen molar-refractivity contribution in [2.24, 2.45) is 5.14 Å². The first-order valence-electron chi connectivity index (χ1n) is 6.05. The van der Waals surface area contributed by atoms with Crippen LogP contribution in [0.1, 0.15) is 11.1 Å². The van der Waals surface area contributed by atoms with E-state index in [1.807, 2.05) is 13.8 Å². The average Bonchev–Trinajstić information content (AvgIpc) is 2.34. The molecule has 0 aliphatic rings. The summed E-state index contributed by atoms with van der Waals surface area (Å²) in [6.45, 7) is 3.64. The zero-order valence-corrected chi connectivity index (χ0v) is 13.1. The molecule has 0 radical (unpaired) electrons. The number of nitrogen functional groups attached to an aromatic ring is 1. The molecule has 0 bridgehead atoms. The largest absolute Gasteiger partial charge is 0.455 e. The number of ether oxygens (including phenoxy) is 1. The highest BCUT2D eigenvalue weighted by molar-refractivity contribution is 7.89. The van der Waals surface area contributed by atoms with E-state index in [0.717, 1.165) is 11.1 Å². The van der Waals surface area contributed by atoms with E-state index in [9.17, 15) is 8.42 Å². The quantitative estimate of drug-likeness (QED) is 0.847. The highest BCUT2D eigenvalue weighted by atomic mass is 35.5. The Morgan fingerprint density at radius 1 is 1.10 bits per heavy atom.